The van der Waals surface area contributed by atoms with Crippen molar-refractivity contribution in [1.29, 1.82) is 0 Å². The normalized spacial score (nSPS) is 16.1. The number of esters is 1. The van der Waals surface area contributed by atoms with Crippen molar-refractivity contribution < 1.29 is 9.53 Å². The van der Waals surface area contributed by atoms with Crippen LogP contribution in [0.2, 0.25) is 0 Å². The lowest BCUT2D eigenvalue weighted by Crippen LogP contribution is -2.28. The van der Waals surface area contributed by atoms with Crippen LogP contribution in [-0.2, 0) is 9.53 Å². The van der Waals surface area contributed by atoms with Gasteiger partial charge in [0.1, 0.15) is 6.61 Å². The Labute approximate surface area is 93.0 Å². The SMILES string of the molecule is C=CC(C)(COC(C)=O)C(C)C=C(C)C. The summed E-state index contributed by atoms with van der Waals surface area (Å²) in [5.41, 5.74) is 1.07. The van der Waals surface area contributed by atoms with Crippen molar-refractivity contribution >= 4 is 5.97 Å². The zero-order valence-electron chi connectivity index (χ0n) is 10.5. The second-order valence-corrected chi connectivity index (χ2v) is 4.52. The average molecular weight is 210 g/mol. The molecule has 0 aromatic carbocycles. The van der Waals surface area contributed by atoms with Gasteiger partial charge in [-0.15, -0.1) is 6.58 Å². The molecule has 86 valence electrons. The number of hydrogen-bond acceptors (Lipinski definition) is 2. The molecule has 2 unspecified atom stereocenters. The zero-order valence-corrected chi connectivity index (χ0v) is 10.5. The first-order valence-electron chi connectivity index (χ1n) is 5.24. The van der Waals surface area contributed by atoms with Gasteiger partial charge in [-0.1, -0.05) is 31.6 Å². The summed E-state index contributed by atoms with van der Waals surface area (Å²) in [4.78, 5) is 10.8. The molecular formula is C13H22O2. The molecule has 0 aliphatic heterocycles. The quantitative estimate of drug-likeness (QED) is 0.514. The summed E-state index contributed by atoms with van der Waals surface area (Å²) in [7, 11) is 0. The smallest absolute Gasteiger partial charge is 0.302 e. The monoisotopic (exact) mass is 210 g/mol. The fourth-order valence-corrected chi connectivity index (χ4v) is 1.32. The van der Waals surface area contributed by atoms with Gasteiger partial charge in [-0.05, 0) is 19.8 Å². The van der Waals surface area contributed by atoms with Crippen LogP contribution >= 0.6 is 0 Å². The molecule has 0 saturated heterocycles. The molecule has 0 saturated carbocycles. The Hall–Kier alpha value is -1.05. The van der Waals surface area contributed by atoms with E-state index in [2.05, 4.69) is 33.4 Å². The van der Waals surface area contributed by atoms with Gasteiger partial charge in [-0.3, -0.25) is 4.79 Å². The van der Waals surface area contributed by atoms with Gasteiger partial charge in [0, 0.05) is 12.3 Å². The Morgan fingerprint density at radius 2 is 2.00 bits per heavy atom. The van der Waals surface area contributed by atoms with Gasteiger partial charge in [-0.2, -0.15) is 0 Å². The highest BCUT2D eigenvalue weighted by Crippen LogP contribution is 2.30. The summed E-state index contributed by atoms with van der Waals surface area (Å²) in [6.45, 7) is 13.9. The number of rotatable bonds is 5. The summed E-state index contributed by atoms with van der Waals surface area (Å²) in [6, 6.07) is 0. The third-order valence-electron chi connectivity index (χ3n) is 2.68. The van der Waals surface area contributed by atoms with E-state index in [4.69, 9.17) is 4.74 Å². The van der Waals surface area contributed by atoms with E-state index in [9.17, 15) is 4.79 Å². The van der Waals surface area contributed by atoms with Gasteiger partial charge in [0.15, 0.2) is 0 Å². The molecule has 0 aliphatic carbocycles. The van der Waals surface area contributed by atoms with Gasteiger partial charge in [0.2, 0.25) is 0 Å². The van der Waals surface area contributed by atoms with E-state index >= 15 is 0 Å². The predicted molar refractivity (Wildman–Crippen MR) is 63.5 cm³/mol. The minimum Gasteiger partial charge on any atom is -0.465 e. The fraction of sp³-hybridized carbons (Fsp3) is 0.615. The van der Waals surface area contributed by atoms with Crippen LogP contribution in [0.4, 0.5) is 0 Å². The van der Waals surface area contributed by atoms with E-state index in [1.165, 1.54) is 12.5 Å². The molecule has 0 aliphatic rings. The van der Waals surface area contributed by atoms with Crippen molar-refractivity contribution in [2.75, 3.05) is 6.61 Å². The van der Waals surface area contributed by atoms with Gasteiger partial charge >= 0.3 is 5.97 Å². The van der Waals surface area contributed by atoms with E-state index in [1.54, 1.807) is 0 Å². The Bertz CT molecular complexity index is 262. The van der Waals surface area contributed by atoms with Crippen LogP contribution in [-0.4, -0.2) is 12.6 Å². The lowest BCUT2D eigenvalue weighted by atomic mass is 9.78. The molecule has 0 rings (SSSR count). The van der Waals surface area contributed by atoms with Crippen molar-refractivity contribution in [3.63, 3.8) is 0 Å². The molecule has 2 heteroatoms. The van der Waals surface area contributed by atoms with Crippen LogP contribution in [0.3, 0.4) is 0 Å². The minimum atomic E-state index is -0.243. The topological polar surface area (TPSA) is 26.3 Å². The molecule has 0 spiro atoms. The maximum absolute atomic E-state index is 10.8. The first kappa shape index (κ1) is 13.9. The summed E-state index contributed by atoms with van der Waals surface area (Å²) in [5.74, 6) is 0.0619. The third kappa shape index (κ3) is 4.82. The maximum Gasteiger partial charge on any atom is 0.302 e. The molecule has 0 aromatic heterocycles. The molecule has 0 N–H and O–H groups in total. The highest BCUT2D eigenvalue weighted by Gasteiger charge is 2.27. The molecule has 0 amide bonds. The second-order valence-electron chi connectivity index (χ2n) is 4.52. The van der Waals surface area contributed by atoms with Gasteiger partial charge in [-0.25, -0.2) is 0 Å². The molecule has 2 atom stereocenters. The first-order valence-corrected chi connectivity index (χ1v) is 5.24. The lowest BCUT2D eigenvalue weighted by molar-refractivity contribution is -0.143. The minimum absolute atomic E-state index is 0.192. The molecule has 0 fully saturated rings. The van der Waals surface area contributed by atoms with Gasteiger partial charge in [0.05, 0.1) is 0 Å². The van der Waals surface area contributed by atoms with E-state index in [1.807, 2.05) is 13.0 Å². The highest BCUT2D eigenvalue weighted by atomic mass is 16.5. The van der Waals surface area contributed by atoms with E-state index in [0.29, 0.717) is 12.5 Å². The molecule has 0 heterocycles. The Kier molecular flexibility index (Phi) is 5.34. The van der Waals surface area contributed by atoms with Crippen LogP contribution in [0.25, 0.3) is 0 Å². The van der Waals surface area contributed by atoms with Crippen molar-refractivity contribution in [3.8, 4) is 0 Å². The lowest BCUT2D eigenvalue weighted by Gasteiger charge is -2.30. The molecule has 0 bridgehead atoms. The summed E-state index contributed by atoms with van der Waals surface area (Å²) >= 11 is 0. The Morgan fingerprint density at radius 3 is 2.33 bits per heavy atom. The standard InChI is InChI=1S/C13H22O2/c1-7-13(6,9-15-12(5)14)11(4)8-10(2)3/h7-8,11H,1,9H2,2-6H3. The highest BCUT2D eigenvalue weighted by molar-refractivity contribution is 5.65. The van der Waals surface area contributed by atoms with Crippen LogP contribution in [0.5, 0.6) is 0 Å². The van der Waals surface area contributed by atoms with Crippen LogP contribution in [0.1, 0.15) is 34.6 Å². The number of hydrogen-bond donors (Lipinski definition) is 0. The second kappa shape index (κ2) is 5.74. The molecule has 0 aromatic rings. The maximum atomic E-state index is 10.8. The van der Waals surface area contributed by atoms with Crippen LogP contribution in [0, 0.1) is 11.3 Å². The van der Waals surface area contributed by atoms with Crippen LogP contribution in [0.15, 0.2) is 24.3 Å². The Morgan fingerprint density at radius 1 is 1.47 bits per heavy atom. The number of ether oxygens (including phenoxy) is 1. The van der Waals surface area contributed by atoms with Crippen molar-refractivity contribution in [2.45, 2.75) is 34.6 Å². The summed E-state index contributed by atoms with van der Waals surface area (Å²) in [5, 5.41) is 0. The zero-order chi connectivity index (χ0) is 12.1. The average Bonchev–Trinajstić information content (AvgIpc) is 2.13. The van der Waals surface area contributed by atoms with Crippen molar-refractivity contribution in [1.82, 2.24) is 0 Å². The van der Waals surface area contributed by atoms with Gasteiger partial charge < -0.3 is 4.74 Å². The molecular weight excluding hydrogens is 188 g/mol. The van der Waals surface area contributed by atoms with E-state index in [0.717, 1.165) is 0 Å². The number of carbonyl (C=O) groups is 1. The van der Waals surface area contributed by atoms with Gasteiger partial charge in [0.25, 0.3) is 0 Å². The largest absolute Gasteiger partial charge is 0.465 e. The van der Waals surface area contributed by atoms with E-state index in [-0.39, 0.29) is 11.4 Å². The Balaban J connectivity index is 4.61. The molecule has 0 radical (unpaired) electrons. The summed E-state index contributed by atoms with van der Waals surface area (Å²) < 4.78 is 5.06. The van der Waals surface area contributed by atoms with Crippen molar-refractivity contribution in [2.24, 2.45) is 11.3 Å². The third-order valence-corrected chi connectivity index (χ3v) is 2.68. The number of carbonyl (C=O) groups excluding carboxylic acids is 1. The number of allylic oxidation sites excluding steroid dienone is 2. The van der Waals surface area contributed by atoms with Crippen molar-refractivity contribution in [3.05, 3.63) is 24.3 Å². The molecule has 15 heavy (non-hydrogen) atoms. The van der Waals surface area contributed by atoms with Crippen LogP contribution < -0.4 is 0 Å². The predicted octanol–water partition coefficient (Wildman–Crippen LogP) is 3.34. The summed E-state index contributed by atoms with van der Waals surface area (Å²) in [6.07, 6.45) is 4.03. The first-order chi connectivity index (χ1) is 6.81. The fourth-order valence-electron chi connectivity index (χ4n) is 1.32. The van der Waals surface area contributed by atoms with E-state index < -0.39 is 0 Å². The molecule has 2 nitrogen and oxygen atoms in total.